The topological polar surface area (TPSA) is 128 Å². The number of aliphatic hydroxyl groups excluding tert-OH is 1. The highest BCUT2D eigenvalue weighted by molar-refractivity contribution is 5.95. The summed E-state index contributed by atoms with van der Waals surface area (Å²) in [4.78, 5) is 24.1. The molecule has 2 aromatic carbocycles. The summed E-state index contributed by atoms with van der Waals surface area (Å²) in [5, 5.41) is 30.0. The van der Waals surface area contributed by atoms with Gasteiger partial charge in [-0.3, -0.25) is 9.59 Å². The van der Waals surface area contributed by atoms with Gasteiger partial charge in [0, 0.05) is 6.07 Å². The normalized spacial score (nSPS) is 12.0. The first-order chi connectivity index (χ1) is 13.3. The highest BCUT2D eigenvalue weighted by Gasteiger charge is 2.26. The van der Waals surface area contributed by atoms with E-state index in [2.05, 4.69) is 15.8 Å². The zero-order chi connectivity index (χ0) is 20.4. The van der Waals surface area contributed by atoms with Gasteiger partial charge in [0.25, 0.3) is 10.9 Å². The first kappa shape index (κ1) is 19.2. The molecule has 0 aliphatic carbocycles. The number of rotatable bonds is 7. The summed E-state index contributed by atoms with van der Waals surface area (Å²) < 4.78 is 6.57. The van der Waals surface area contributed by atoms with E-state index in [9.17, 15) is 19.8 Å². The Kier molecular flexibility index (Phi) is 5.16. The molecule has 28 heavy (non-hydrogen) atoms. The van der Waals surface area contributed by atoms with Crippen LogP contribution in [0.5, 0.6) is 5.75 Å². The van der Waals surface area contributed by atoms with E-state index in [0.29, 0.717) is 12.2 Å². The number of nitrogens with one attached hydrogen (secondary N) is 2. The maximum atomic E-state index is 12.1. The van der Waals surface area contributed by atoms with Crippen molar-refractivity contribution in [1.29, 1.82) is 0 Å². The molecule has 9 heteroatoms. The molecule has 0 amide bonds. The van der Waals surface area contributed by atoms with Crippen LogP contribution in [0.1, 0.15) is 30.7 Å². The van der Waals surface area contributed by atoms with Crippen LogP contribution in [0.3, 0.4) is 0 Å². The Hall–Kier alpha value is -3.62. The van der Waals surface area contributed by atoms with E-state index in [0.717, 1.165) is 0 Å². The van der Waals surface area contributed by atoms with Crippen LogP contribution in [0.25, 0.3) is 0 Å². The molecular weight excluding hydrogens is 364 g/mol. The van der Waals surface area contributed by atoms with Crippen molar-refractivity contribution in [2.45, 2.75) is 19.4 Å². The third kappa shape index (κ3) is 3.34. The summed E-state index contributed by atoms with van der Waals surface area (Å²) in [7, 11) is 3.25. The van der Waals surface area contributed by atoms with Crippen LogP contribution < -0.4 is 21.5 Å². The number of aromatic hydroxyl groups is 1. The van der Waals surface area contributed by atoms with Crippen molar-refractivity contribution in [3.63, 3.8) is 0 Å². The number of benzene rings is 1. The zero-order valence-electron chi connectivity index (χ0n) is 15.7. The van der Waals surface area contributed by atoms with E-state index in [-0.39, 0.29) is 40.3 Å². The molecule has 0 radical (unpaired) electrons. The van der Waals surface area contributed by atoms with Crippen molar-refractivity contribution < 1.29 is 19.3 Å². The molecule has 3 aromatic rings. The molecule has 146 valence electrons. The number of hydrogen-bond donors (Lipinski definition) is 4. The molecule has 1 unspecified atom stereocenters. The highest BCUT2D eigenvalue weighted by Crippen LogP contribution is 2.32. The Bertz CT molecular complexity index is 1090. The fourth-order valence-electron chi connectivity index (χ4n) is 2.80. The standard InChI is InChI=1S/C19H20N4O5/c1-4-11(13-8-9-20-28-13)21-14-15(18(26)17(14)25)22-12-7-5-6-10(16(12)24)19(27)23(2)3/h5-9,11H,4H2,1-3H3,(H3,21,22,24,25,26,27)/p+1. The minimum absolute atomic E-state index is 0.0414. The number of aromatic nitrogens is 1. The molecule has 9 nitrogen and oxygen atoms in total. The summed E-state index contributed by atoms with van der Waals surface area (Å²) in [6.45, 7) is 1.90. The second kappa shape index (κ2) is 7.55. The van der Waals surface area contributed by atoms with Gasteiger partial charge in [-0.2, -0.15) is 0 Å². The molecule has 0 saturated carbocycles. The fourth-order valence-corrected chi connectivity index (χ4v) is 2.80. The molecular formula is C19H21N4O5+. The largest absolute Gasteiger partial charge is 0.505 e. The van der Waals surface area contributed by atoms with Gasteiger partial charge in [0.1, 0.15) is 31.0 Å². The Labute approximate surface area is 160 Å². The number of hydrogen-bond acceptors (Lipinski definition) is 7. The van der Waals surface area contributed by atoms with Crippen LogP contribution in [0.4, 0.5) is 17.1 Å². The molecule has 0 saturated heterocycles. The van der Waals surface area contributed by atoms with Crippen LogP contribution in [0.2, 0.25) is 0 Å². The lowest BCUT2D eigenvalue weighted by molar-refractivity contribution is -0.472. The molecule has 4 N–H and O–H groups in total. The van der Waals surface area contributed by atoms with Crippen molar-refractivity contribution in [3.8, 4) is 5.75 Å². The van der Waals surface area contributed by atoms with Gasteiger partial charge >= 0.3 is 5.90 Å². The highest BCUT2D eigenvalue weighted by atomic mass is 16.5. The number of phenolic OH excluding ortho intramolecular Hbond substituents is 1. The van der Waals surface area contributed by atoms with Crippen LogP contribution in [0.15, 0.2) is 44.6 Å². The van der Waals surface area contributed by atoms with Gasteiger partial charge < -0.3 is 25.4 Å². The first-order valence-corrected chi connectivity index (χ1v) is 8.68. The minimum Gasteiger partial charge on any atom is -0.505 e. The molecule has 0 bridgehead atoms. The van der Waals surface area contributed by atoms with E-state index in [1.807, 2.05) is 6.92 Å². The Morgan fingerprint density at radius 1 is 1.21 bits per heavy atom. The molecule has 1 heterocycles. The smallest absolute Gasteiger partial charge is 0.370 e. The van der Waals surface area contributed by atoms with Gasteiger partial charge in [-0.1, -0.05) is 18.1 Å². The van der Waals surface area contributed by atoms with Crippen molar-refractivity contribution >= 4 is 23.0 Å². The quantitative estimate of drug-likeness (QED) is 0.160. The summed E-state index contributed by atoms with van der Waals surface area (Å²) in [5.41, 5.74) is -0.817. The first-order valence-electron chi connectivity index (χ1n) is 8.68. The van der Waals surface area contributed by atoms with Gasteiger partial charge in [-0.05, 0) is 18.6 Å². The Balaban J connectivity index is 1.92. The molecule has 0 aliphatic rings. The van der Waals surface area contributed by atoms with Crippen molar-refractivity contribution in [2.75, 3.05) is 24.7 Å². The lowest BCUT2D eigenvalue weighted by atomic mass is 10.1. The van der Waals surface area contributed by atoms with Crippen LogP contribution in [-0.4, -0.2) is 39.9 Å². The lowest BCUT2D eigenvalue weighted by Gasteiger charge is -2.20. The van der Waals surface area contributed by atoms with E-state index in [1.54, 1.807) is 26.2 Å². The summed E-state index contributed by atoms with van der Waals surface area (Å²) in [5.74, 6) is 0.160. The maximum Gasteiger partial charge on any atom is 0.370 e. The molecule has 1 aromatic heterocycles. The fraction of sp³-hybridized carbons (Fsp3) is 0.263. The Morgan fingerprint density at radius 3 is 2.54 bits per heavy atom. The van der Waals surface area contributed by atoms with Gasteiger partial charge in [-0.15, -0.1) is 0 Å². The van der Waals surface area contributed by atoms with E-state index >= 15 is 0 Å². The van der Waals surface area contributed by atoms with E-state index < -0.39 is 10.9 Å². The predicted molar refractivity (Wildman–Crippen MR) is 105 cm³/mol. The van der Waals surface area contributed by atoms with Gasteiger partial charge in [-0.25, -0.2) is 4.58 Å². The minimum atomic E-state index is -0.694. The summed E-state index contributed by atoms with van der Waals surface area (Å²) in [6, 6.07) is 6.02. The van der Waals surface area contributed by atoms with Gasteiger partial charge in [0.05, 0.1) is 17.9 Å². The maximum absolute atomic E-state index is 12.1. The second-order valence-electron chi connectivity index (χ2n) is 6.47. The van der Waals surface area contributed by atoms with Crippen LogP contribution in [-0.2, 0) is 0 Å². The van der Waals surface area contributed by atoms with Crippen molar-refractivity contribution in [1.82, 2.24) is 5.16 Å². The van der Waals surface area contributed by atoms with Gasteiger partial charge in [0.2, 0.25) is 0 Å². The molecule has 0 aliphatic heterocycles. The molecule has 0 spiro atoms. The third-order valence-corrected chi connectivity index (χ3v) is 4.40. The Morgan fingerprint density at radius 2 is 1.93 bits per heavy atom. The number of para-hydroxylation sites is 1. The number of nitrogens with zero attached hydrogens (tertiary/aromatic N) is 2. The molecule has 0 fully saturated rings. The van der Waals surface area contributed by atoms with Crippen molar-refractivity contribution in [3.05, 3.63) is 62.2 Å². The summed E-state index contributed by atoms with van der Waals surface area (Å²) in [6.07, 6.45) is 2.10. The average Bonchev–Trinajstić information content (AvgIpc) is 3.22. The third-order valence-electron chi connectivity index (χ3n) is 4.40. The van der Waals surface area contributed by atoms with E-state index in [4.69, 9.17) is 4.52 Å². The predicted octanol–water partition coefficient (Wildman–Crippen LogP) is 1.86. The van der Waals surface area contributed by atoms with Gasteiger partial charge in [0.15, 0.2) is 11.5 Å². The van der Waals surface area contributed by atoms with Crippen molar-refractivity contribution in [2.24, 2.45) is 0 Å². The summed E-state index contributed by atoms with van der Waals surface area (Å²) >= 11 is 0. The average molecular weight is 385 g/mol. The van der Waals surface area contributed by atoms with Crippen LogP contribution in [0, 0.1) is 0 Å². The molecule has 1 atom stereocenters. The monoisotopic (exact) mass is 385 g/mol. The zero-order valence-corrected chi connectivity index (χ0v) is 15.7. The number of aliphatic hydroxyl groups is 1. The number of anilines is 3. The lowest BCUT2D eigenvalue weighted by Crippen LogP contribution is -2.37. The van der Waals surface area contributed by atoms with Crippen LogP contribution >= 0.6 is 0 Å². The number of phenols is 1. The second-order valence-corrected chi connectivity index (χ2v) is 6.47. The SMILES string of the molecule is CCC(Nc1c(Nc2cccc(C(O)=[N+](C)C)c2O)c(=O)c1=O)c1ccno1. The van der Waals surface area contributed by atoms with E-state index in [1.165, 1.54) is 22.9 Å². The molecule has 3 rings (SSSR count).